The number of carbonyl (C=O) groups is 3. The molecule has 0 saturated carbocycles. The zero-order chi connectivity index (χ0) is 30.6. The smallest absolute Gasteiger partial charge is 0.309 e. The van der Waals surface area contributed by atoms with E-state index in [1.807, 2.05) is 24.3 Å². The Morgan fingerprint density at radius 2 is 1.65 bits per heavy atom. The minimum absolute atomic E-state index is 0.113. The molecular formula is C31H34N4O7S. The van der Waals surface area contributed by atoms with E-state index in [1.165, 1.54) is 37.4 Å². The van der Waals surface area contributed by atoms with Gasteiger partial charge in [0.25, 0.3) is 11.8 Å². The monoisotopic (exact) mass is 606 g/mol. The summed E-state index contributed by atoms with van der Waals surface area (Å²) in [5.74, 6) is -2.60. The largest absolute Gasteiger partial charge is 0.495 e. The number of aliphatic carboxylic acids is 1. The van der Waals surface area contributed by atoms with Crippen LogP contribution >= 0.6 is 0 Å². The Morgan fingerprint density at radius 3 is 2.35 bits per heavy atom. The third kappa shape index (κ3) is 6.87. The van der Waals surface area contributed by atoms with Crippen LogP contribution in [-0.4, -0.2) is 69.5 Å². The number of rotatable bonds is 11. The van der Waals surface area contributed by atoms with E-state index in [-0.39, 0.29) is 22.8 Å². The number of carbonyl (C=O) groups excluding carboxylic acids is 2. The molecule has 2 aliphatic rings. The molecule has 11 nitrogen and oxygen atoms in total. The summed E-state index contributed by atoms with van der Waals surface area (Å²) in [5, 5.41) is 15.2. The highest BCUT2D eigenvalue weighted by atomic mass is 32.2. The molecular weight excluding hydrogens is 572 g/mol. The predicted octanol–water partition coefficient (Wildman–Crippen LogP) is 3.05. The van der Waals surface area contributed by atoms with Crippen molar-refractivity contribution in [3.05, 3.63) is 89.0 Å². The van der Waals surface area contributed by atoms with Crippen LogP contribution in [0.2, 0.25) is 0 Å². The van der Waals surface area contributed by atoms with Gasteiger partial charge in [-0.25, -0.2) is 13.1 Å². The van der Waals surface area contributed by atoms with Crippen molar-refractivity contribution in [3.8, 4) is 5.75 Å². The first-order valence-corrected chi connectivity index (χ1v) is 15.6. The molecule has 12 heteroatoms. The van der Waals surface area contributed by atoms with Crippen LogP contribution in [0.5, 0.6) is 5.75 Å². The lowest BCUT2D eigenvalue weighted by atomic mass is 10.00. The van der Waals surface area contributed by atoms with Gasteiger partial charge in [-0.3, -0.25) is 14.4 Å². The van der Waals surface area contributed by atoms with Crippen LogP contribution in [0.1, 0.15) is 50.7 Å². The Hall–Kier alpha value is -4.26. The number of carboxylic acid groups (broad SMARTS) is 1. The maximum absolute atomic E-state index is 13.1. The van der Waals surface area contributed by atoms with Gasteiger partial charge in [-0.1, -0.05) is 24.3 Å². The third-order valence-corrected chi connectivity index (χ3v) is 9.36. The van der Waals surface area contributed by atoms with E-state index >= 15 is 0 Å². The van der Waals surface area contributed by atoms with Crippen LogP contribution in [0, 0.1) is 5.92 Å². The molecule has 1 aliphatic heterocycles. The quantitative estimate of drug-likeness (QED) is 0.260. The molecule has 1 saturated heterocycles. The minimum atomic E-state index is -3.94. The summed E-state index contributed by atoms with van der Waals surface area (Å²) in [6, 6.07) is 17.0. The molecule has 43 heavy (non-hydrogen) atoms. The number of hydrogen-bond acceptors (Lipinski definition) is 7. The highest BCUT2D eigenvalue weighted by Crippen LogP contribution is 2.36. The summed E-state index contributed by atoms with van der Waals surface area (Å²) in [7, 11) is -2.58. The van der Waals surface area contributed by atoms with Gasteiger partial charge in [0.1, 0.15) is 10.6 Å². The minimum Gasteiger partial charge on any atom is -0.495 e. The number of sulfonamides is 1. The van der Waals surface area contributed by atoms with E-state index in [9.17, 15) is 27.9 Å². The topological polar surface area (TPSA) is 154 Å². The number of nitrogens with zero attached hydrogens (tertiary/aromatic N) is 1. The highest BCUT2D eigenvalue weighted by Gasteiger charge is 2.38. The first-order chi connectivity index (χ1) is 20.7. The second-order valence-corrected chi connectivity index (χ2v) is 12.4. The van der Waals surface area contributed by atoms with Gasteiger partial charge in [0.05, 0.1) is 19.1 Å². The zero-order valence-electron chi connectivity index (χ0n) is 23.7. The van der Waals surface area contributed by atoms with E-state index in [0.717, 1.165) is 37.1 Å². The number of nitrogens with one attached hydrogen (secondary N) is 3. The molecule has 5 rings (SSSR count). The molecule has 3 aromatic carbocycles. The van der Waals surface area contributed by atoms with Crippen molar-refractivity contribution in [1.29, 1.82) is 0 Å². The molecule has 226 valence electrons. The van der Waals surface area contributed by atoms with Crippen molar-refractivity contribution in [1.82, 2.24) is 14.9 Å². The van der Waals surface area contributed by atoms with E-state index in [2.05, 4.69) is 20.3 Å². The van der Waals surface area contributed by atoms with Gasteiger partial charge in [-0.05, 0) is 85.9 Å². The standard InChI is InChI=1S/C31H34N4O7S/c1-42-26-13-10-22(19-27(26)43(40,41)32-14-17-35-15-4-5-16-35)30(37)33-23-11-8-20(9-12-23)29(36)34-28-24-7-3-2-6-21(24)18-25(28)31(38)39/h2-3,6-13,19,25,28,32H,4-5,14-18H2,1H3,(H,33,37)(H,34,36)(H,38,39)/t25-,28+/m0/s1. The van der Waals surface area contributed by atoms with Crippen molar-refractivity contribution in [2.75, 3.05) is 38.6 Å². The molecule has 0 spiro atoms. The lowest BCUT2D eigenvalue weighted by molar-refractivity contribution is -0.142. The van der Waals surface area contributed by atoms with E-state index in [0.29, 0.717) is 24.2 Å². The molecule has 1 aliphatic carbocycles. The van der Waals surface area contributed by atoms with Crippen molar-refractivity contribution in [2.45, 2.75) is 30.2 Å². The molecule has 1 fully saturated rings. The van der Waals surface area contributed by atoms with Crippen LogP contribution in [0.3, 0.4) is 0 Å². The lowest BCUT2D eigenvalue weighted by Gasteiger charge is -2.19. The Kier molecular flexibility index (Phi) is 9.09. The van der Waals surface area contributed by atoms with Crippen molar-refractivity contribution in [3.63, 3.8) is 0 Å². The van der Waals surface area contributed by atoms with Crippen molar-refractivity contribution < 1.29 is 32.6 Å². The van der Waals surface area contributed by atoms with E-state index < -0.39 is 39.8 Å². The number of methoxy groups -OCH3 is 1. The summed E-state index contributed by atoms with van der Waals surface area (Å²) in [6.07, 6.45) is 2.55. The van der Waals surface area contributed by atoms with Crippen molar-refractivity contribution in [2.24, 2.45) is 5.92 Å². The van der Waals surface area contributed by atoms with Gasteiger partial charge in [0, 0.05) is 29.9 Å². The normalized spacial score (nSPS) is 18.2. The van der Waals surface area contributed by atoms with Crippen LogP contribution < -0.4 is 20.1 Å². The summed E-state index contributed by atoms with van der Waals surface area (Å²) >= 11 is 0. The third-order valence-electron chi connectivity index (χ3n) is 7.88. The Balaban J connectivity index is 1.24. The fourth-order valence-corrected chi connectivity index (χ4v) is 6.80. The number of anilines is 1. The van der Waals surface area contributed by atoms with E-state index in [4.69, 9.17) is 4.74 Å². The molecule has 0 radical (unpaired) electrons. The van der Waals surface area contributed by atoms with Crippen LogP contribution in [0.25, 0.3) is 0 Å². The number of hydrogen-bond donors (Lipinski definition) is 4. The predicted molar refractivity (Wildman–Crippen MR) is 160 cm³/mol. The lowest BCUT2D eigenvalue weighted by Crippen LogP contribution is -2.34. The number of benzene rings is 3. The molecule has 1 heterocycles. The second kappa shape index (κ2) is 12.9. The molecule has 0 unspecified atom stereocenters. The Morgan fingerprint density at radius 1 is 0.953 bits per heavy atom. The van der Waals surface area contributed by atoms with Crippen LogP contribution in [0.4, 0.5) is 5.69 Å². The molecule has 4 N–H and O–H groups in total. The van der Waals surface area contributed by atoms with Crippen LogP contribution in [-0.2, 0) is 21.2 Å². The fraction of sp³-hybridized carbons (Fsp3) is 0.323. The summed E-state index contributed by atoms with van der Waals surface area (Å²) in [5.41, 5.74) is 2.48. The zero-order valence-corrected chi connectivity index (χ0v) is 24.5. The van der Waals surface area contributed by atoms with Gasteiger partial charge >= 0.3 is 5.97 Å². The molecule has 3 aromatic rings. The first-order valence-electron chi connectivity index (χ1n) is 14.1. The summed E-state index contributed by atoms with van der Waals surface area (Å²) in [6.45, 7) is 2.75. The SMILES string of the molecule is COc1ccc(C(=O)Nc2ccc(C(=O)N[C@@H]3c4ccccc4C[C@@H]3C(=O)O)cc2)cc1S(=O)(=O)NCCN1CCCC1. The fourth-order valence-electron chi connectivity index (χ4n) is 5.59. The average Bonchev–Trinajstić information content (AvgIpc) is 3.65. The Labute approximate surface area is 250 Å². The summed E-state index contributed by atoms with van der Waals surface area (Å²) in [4.78, 5) is 39.9. The van der Waals surface area contributed by atoms with Crippen molar-refractivity contribution >= 4 is 33.5 Å². The van der Waals surface area contributed by atoms with Gasteiger partial charge in [-0.15, -0.1) is 0 Å². The average molecular weight is 607 g/mol. The maximum atomic E-state index is 13.1. The Bertz CT molecular complexity index is 1620. The number of amides is 2. The first kappa shape index (κ1) is 30.2. The van der Waals surface area contributed by atoms with Gasteiger partial charge in [-0.2, -0.15) is 0 Å². The van der Waals surface area contributed by atoms with Gasteiger partial charge in [0.15, 0.2) is 0 Å². The number of ether oxygens (including phenoxy) is 1. The molecule has 2 amide bonds. The molecule has 2 atom stereocenters. The van der Waals surface area contributed by atoms with Crippen LogP contribution in [0.15, 0.2) is 71.6 Å². The van der Waals surface area contributed by atoms with Gasteiger partial charge < -0.3 is 25.4 Å². The number of carboxylic acids is 1. The number of likely N-dealkylation sites (tertiary alicyclic amines) is 1. The van der Waals surface area contributed by atoms with Gasteiger partial charge in [0.2, 0.25) is 10.0 Å². The summed E-state index contributed by atoms with van der Waals surface area (Å²) < 4.78 is 34.0. The van der Waals surface area contributed by atoms with E-state index in [1.54, 1.807) is 12.1 Å². The molecule has 0 bridgehead atoms. The second-order valence-electron chi connectivity index (χ2n) is 10.6. The number of fused-ring (bicyclic) bond motifs is 1. The highest BCUT2D eigenvalue weighted by molar-refractivity contribution is 7.89. The molecule has 0 aromatic heterocycles. The maximum Gasteiger partial charge on any atom is 0.309 e.